The lowest BCUT2D eigenvalue weighted by atomic mass is 10.1. The normalized spacial score (nSPS) is 17.2. The predicted octanol–water partition coefficient (Wildman–Crippen LogP) is 4.56. The molecule has 134 valence electrons. The van der Waals surface area contributed by atoms with Crippen molar-refractivity contribution in [2.45, 2.75) is 32.4 Å². The first-order valence-corrected chi connectivity index (χ1v) is 9.09. The van der Waals surface area contributed by atoms with Crippen LogP contribution < -0.4 is 0 Å². The molecule has 1 amide bonds. The summed E-state index contributed by atoms with van der Waals surface area (Å²) in [6, 6.07) is 12.4. The Morgan fingerprint density at radius 1 is 1.27 bits per heavy atom. The Hall–Kier alpha value is -2.40. The van der Waals surface area contributed by atoms with E-state index in [1.165, 1.54) is 6.07 Å². The zero-order chi connectivity index (χ0) is 18.3. The van der Waals surface area contributed by atoms with Crippen molar-refractivity contribution in [3.8, 4) is 0 Å². The number of carbonyl (C=O) groups is 1. The van der Waals surface area contributed by atoms with Crippen LogP contribution in [0.3, 0.4) is 0 Å². The van der Waals surface area contributed by atoms with E-state index in [1.54, 1.807) is 19.1 Å². The summed E-state index contributed by atoms with van der Waals surface area (Å²) in [5, 5.41) is 0.392. The predicted molar refractivity (Wildman–Crippen MR) is 99.6 cm³/mol. The molecule has 0 aliphatic carbocycles. The number of hydrogen-bond donors (Lipinski definition) is 0. The van der Waals surface area contributed by atoms with E-state index >= 15 is 0 Å². The minimum Gasteiger partial charge on any atom is -0.333 e. The third kappa shape index (κ3) is 2.86. The fourth-order valence-corrected chi connectivity index (χ4v) is 3.99. The van der Waals surface area contributed by atoms with Gasteiger partial charge < -0.3 is 9.47 Å². The molecule has 1 atom stereocenters. The lowest BCUT2D eigenvalue weighted by molar-refractivity contribution is -0.129. The Morgan fingerprint density at radius 2 is 2.08 bits per heavy atom. The monoisotopic (exact) mass is 371 g/mol. The highest BCUT2D eigenvalue weighted by Crippen LogP contribution is 2.34. The zero-order valence-electron chi connectivity index (χ0n) is 14.5. The molecule has 0 bridgehead atoms. The summed E-state index contributed by atoms with van der Waals surface area (Å²) in [5.41, 5.74) is 2.19. The second-order valence-electron chi connectivity index (χ2n) is 6.62. The van der Waals surface area contributed by atoms with Crippen LogP contribution in [0.2, 0.25) is 5.02 Å². The number of rotatable bonds is 3. The molecule has 4 rings (SSSR count). The van der Waals surface area contributed by atoms with E-state index < -0.39 is 0 Å². The summed E-state index contributed by atoms with van der Waals surface area (Å²) in [6.45, 7) is 2.59. The van der Waals surface area contributed by atoms with Crippen molar-refractivity contribution < 1.29 is 9.18 Å². The zero-order valence-corrected chi connectivity index (χ0v) is 15.2. The summed E-state index contributed by atoms with van der Waals surface area (Å²) < 4.78 is 16.4. The number of hydrogen-bond acceptors (Lipinski definition) is 2. The van der Waals surface area contributed by atoms with Crippen LogP contribution in [-0.4, -0.2) is 26.9 Å². The number of fused-ring (bicyclic) bond motifs is 1. The lowest BCUT2D eigenvalue weighted by Gasteiger charge is -2.24. The molecule has 1 aromatic heterocycles. The van der Waals surface area contributed by atoms with Crippen LogP contribution in [0, 0.1) is 5.82 Å². The van der Waals surface area contributed by atoms with Crippen molar-refractivity contribution >= 4 is 28.5 Å². The van der Waals surface area contributed by atoms with Crippen molar-refractivity contribution in [1.29, 1.82) is 0 Å². The molecular weight excluding hydrogens is 353 g/mol. The lowest BCUT2D eigenvalue weighted by Crippen LogP contribution is -2.30. The highest BCUT2D eigenvalue weighted by molar-refractivity contribution is 6.31. The van der Waals surface area contributed by atoms with E-state index in [9.17, 15) is 9.18 Å². The Labute approximate surface area is 156 Å². The minimum atomic E-state index is -0.337. The van der Waals surface area contributed by atoms with Gasteiger partial charge in [0.1, 0.15) is 11.6 Å². The molecule has 26 heavy (non-hydrogen) atoms. The van der Waals surface area contributed by atoms with Gasteiger partial charge in [0.2, 0.25) is 5.91 Å². The van der Waals surface area contributed by atoms with Crippen molar-refractivity contribution in [3.63, 3.8) is 0 Å². The molecule has 1 aliphatic heterocycles. The summed E-state index contributed by atoms with van der Waals surface area (Å²) >= 11 is 6.25. The van der Waals surface area contributed by atoms with Crippen molar-refractivity contribution in [2.24, 2.45) is 0 Å². The number of carbonyl (C=O) groups excluding carboxylic acids is 1. The summed E-state index contributed by atoms with van der Waals surface area (Å²) in [6.07, 6.45) is 1.79. The number of imidazole rings is 1. The highest BCUT2D eigenvalue weighted by Gasteiger charge is 2.32. The van der Waals surface area contributed by atoms with Crippen molar-refractivity contribution in [3.05, 3.63) is 64.7 Å². The van der Waals surface area contributed by atoms with Crippen LogP contribution in [0.5, 0.6) is 0 Å². The smallest absolute Gasteiger partial charge is 0.220 e. The maximum Gasteiger partial charge on any atom is 0.220 e. The van der Waals surface area contributed by atoms with Crippen LogP contribution in [-0.2, 0) is 11.3 Å². The van der Waals surface area contributed by atoms with Gasteiger partial charge in [0, 0.05) is 24.1 Å². The van der Waals surface area contributed by atoms with Gasteiger partial charge in [-0.25, -0.2) is 9.37 Å². The summed E-state index contributed by atoms with van der Waals surface area (Å²) in [4.78, 5) is 18.7. The summed E-state index contributed by atoms with van der Waals surface area (Å²) in [7, 11) is 0. The third-order valence-corrected chi connectivity index (χ3v) is 5.37. The fourth-order valence-electron chi connectivity index (χ4n) is 3.77. The van der Waals surface area contributed by atoms with Gasteiger partial charge in [-0.05, 0) is 37.1 Å². The van der Waals surface area contributed by atoms with Gasteiger partial charge in [-0.3, -0.25) is 4.79 Å². The molecule has 0 N–H and O–H groups in total. The van der Waals surface area contributed by atoms with E-state index in [2.05, 4.69) is 0 Å². The molecule has 1 fully saturated rings. The van der Waals surface area contributed by atoms with Crippen molar-refractivity contribution in [2.75, 3.05) is 6.54 Å². The van der Waals surface area contributed by atoms with Gasteiger partial charge in [0.25, 0.3) is 0 Å². The van der Waals surface area contributed by atoms with Gasteiger partial charge >= 0.3 is 0 Å². The molecule has 2 heterocycles. The van der Waals surface area contributed by atoms with Gasteiger partial charge in [0.05, 0.1) is 23.6 Å². The van der Waals surface area contributed by atoms with E-state index in [-0.39, 0.29) is 24.3 Å². The molecule has 0 saturated carbocycles. The van der Waals surface area contributed by atoms with E-state index in [0.717, 1.165) is 36.2 Å². The number of para-hydroxylation sites is 2. The van der Waals surface area contributed by atoms with Crippen LogP contribution in [0.4, 0.5) is 4.39 Å². The third-order valence-electron chi connectivity index (χ3n) is 5.02. The molecule has 1 aliphatic rings. The van der Waals surface area contributed by atoms with E-state index in [4.69, 9.17) is 16.6 Å². The summed E-state index contributed by atoms with van der Waals surface area (Å²) in [5.74, 6) is 0.490. The number of aromatic nitrogens is 2. The highest BCUT2D eigenvalue weighted by atomic mass is 35.5. The SMILES string of the molecule is CC(=O)N1CCC[C@H]1c1nc2ccccc2n1Cc1c(F)cccc1Cl. The van der Waals surface area contributed by atoms with Crippen LogP contribution >= 0.6 is 11.6 Å². The second kappa shape index (κ2) is 6.72. The maximum absolute atomic E-state index is 14.4. The average Bonchev–Trinajstić information content (AvgIpc) is 3.23. The number of halogens is 2. The topological polar surface area (TPSA) is 38.1 Å². The van der Waals surface area contributed by atoms with Gasteiger partial charge in [0.15, 0.2) is 0 Å². The average molecular weight is 372 g/mol. The largest absolute Gasteiger partial charge is 0.333 e. The first-order valence-electron chi connectivity index (χ1n) is 8.71. The number of benzene rings is 2. The van der Waals surface area contributed by atoms with Crippen LogP contribution in [0.15, 0.2) is 42.5 Å². The molecule has 1 saturated heterocycles. The van der Waals surface area contributed by atoms with Gasteiger partial charge in [-0.15, -0.1) is 0 Å². The van der Waals surface area contributed by atoms with Crippen molar-refractivity contribution in [1.82, 2.24) is 14.5 Å². The molecule has 6 heteroatoms. The van der Waals surface area contributed by atoms with Gasteiger partial charge in [-0.2, -0.15) is 0 Å². The quantitative estimate of drug-likeness (QED) is 0.676. The second-order valence-corrected chi connectivity index (χ2v) is 7.02. The number of nitrogens with zero attached hydrogens (tertiary/aromatic N) is 3. The maximum atomic E-state index is 14.4. The Kier molecular flexibility index (Phi) is 4.41. The molecular formula is C20H19ClFN3O. The van der Waals surface area contributed by atoms with Gasteiger partial charge in [-0.1, -0.05) is 29.8 Å². The number of amides is 1. The Bertz CT molecular complexity index is 964. The fraction of sp³-hybridized carbons (Fsp3) is 0.300. The molecule has 0 radical (unpaired) electrons. The standard InChI is InChI=1S/C20H19ClFN3O/c1-13(26)24-11-5-10-19(24)20-23-17-8-2-3-9-18(17)25(20)12-14-15(21)6-4-7-16(14)22/h2-4,6-9,19H,5,10-12H2,1H3/t19-/m0/s1. The molecule has 3 aromatic rings. The first-order chi connectivity index (χ1) is 12.6. The Balaban J connectivity index is 1.86. The molecule has 0 spiro atoms. The van der Waals surface area contributed by atoms with E-state index in [0.29, 0.717) is 10.6 Å². The minimum absolute atomic E-state index is 0.0371. The van der Waals surface area contributed by atoms with Crippen LogP contribution in [0.1, 0.15) is 37.2 Å². The first kappa shape index (κ1) is 17.0. The number of likely N-dealkylation sites (tertiary alicyclic amines) is 1. The molecule has 2 aromatic carbocycles. The molecule has 0 unspecified atom stereocenters. The van der Waals surface area contributed by atoms with Crippen LogP contribution in [0.25, 0.3) is 11.0 Å². The molecule has 4 nitrogen and oxygen atoms in total. The van der Waals surface area contributed by atoms with E-state index in [1.807, 2.05) is 33.7 Å². The Morgan fingerprint density at radius 3 is 2.85 bits per heavy atom.